The quantitative estimate of drug-likeness (QED) is 0.105. The van der Waals surface area contributed by atoms with Crippen molar-refractivity contribution < 1.29 is 35.8 Å². The predicted octanol–water partition coefficient (Wildman–Crippen LogP) is 6.79. The lowest BCUT2D eigenvalue weighted by Crippen LogP contribution is -3.00. The van der Waals surface area contributed by atoms with Crippen LogP contribution in [0.1, 0.15) is 122 Å². The van der Waals surface area contributed by atoms with Gasteiger partial charge in [-0.05, 0) is 30.0 Å². The van der Waals surface area contributed by atoms with E-state index in [1.165, 1.54) is 81.9 Å². The van der Waals surface area contributed by atoms with Crippen LogP contribution in [0, 0.1) is 6.92 Å². The molecule has 5 nitrogen and oxygen atoms in total. The Morgan fingerprint density at radius 3 is 2.02 bits per heavy atom. The van der Waals surface area contributed by atoms with Gasteiger partial charge in [0.2, 0.25) is 5.51 Å². The minimum atomic E-state index is -0.191. The molecule has 0 aliphatic carbocycles. The van der Waals surface area contributed by atoms with Gasteiger partial charge in [0.1, 0.15) is 0 Å². The minimum Gasteiger partial charge on any atom is -1.00 e. The van der Waals surface area contributed by atoms with Crippen molar-refractivity contribution in [2.24, 2.45) is 0 Å². The van der Waals surface area contributed by atoms with Crippen LogP contribution in [-0.2, 0) is 16.8 Å². The average molecular weight is 688 g/mol. The van der Waals surface area contributed by atoms with Gasteiger partial charge in [-0.1, -0.05) is 134 Å². The number of rotatable bonds is 20. The summed E-state index contributed by atoms with van der Waals surface area (Å²) in [4.78, 5) is 12.8. The molecule has 7 heteroatoms. The summed E-state index contributed by atoms with van der Waals surface area (Å²) in [6.45, 7) is 12.3. The predicted molar refractivity (Wildman–Crippen MR) is 181 cm³/mol. The number of carbonyl (C=O) groups is 1. The van der Waals surface area contributed by atoms with Crippen LogP contribution < -0.4 is 36.3 Å². The zero-order chi connectivity index (χ0) is 30.9. The van der Waals surface area contributed by atoms with Crippen molar-refractivity contribution >= 4 is 22.9 Å². The lowest BCUT2D eigenvalue weighted by Gasteiger charge is -2.24. The highest BCUT2D eigenvalue weighted by atomic mass is 79.9. The molecule has 44 heavy (non-hydrogen) atoms. The fraction of sp³-hybridized carbons (Fsp3) is 0.568. The molecule has 3 aromatic rings. The first-order chi connectivity index (χ1) is 20.8. The maximum absolute atomic E-state index is 12.8. The highest BCUT2D eigenvalue weighted by Crippen LogP contribution is 2.38. The summed E-state index contributed by atoms with van der Waals surface area (Å²) in [7, 11) is 0. The second kappa shape index (κ2) is 20.6. The third-order valence-corrected chi connectivity index (χ3v) is 8.71. The number of halogens is 1. The Hall–Kier alpha value is -2.38. The van der Waals surface area contributed by atoms with Gasteiger partial charge in [0, 0.05) is 23.7 Å². The molecule has 0 radical (unpaired) electrons. The van der Waals surface area contributed by atoms with E-state index in [-0.39, 0.29) is 34.9 Å². The van der Waals surface area contributed by atoms with Crippen molar-refractivity contribution in [3.8, 4) is 11.5 Å². The number of aromatic nitrogens is 1. The highest BCUT2D eigenvalue weighted by molar-refractivity contribution is 7.07. The average Bonchev–Trinajstić information content (AvgIpc) is 3.39. The first kappa shape index (κ1) is 37.8. The fourth-order valence-electron chi connectivity index (χ4n) is 5.23. The lowest BCUT2D eigenvalue weighted by atomic mass is 9.86. The first-order valence-corrected chi connectivity index (χ1v) is 17.4. The summed E-state index contributed by atoms with van der Waals surface area (Å²) in [5, 5.41) is 5.10. The molecule has 1 amide bonds. The van der Waals surface area contributed by atoms with Crippen molar-refractivity contribution in [1.29, 1.82) is 0 Å². The van der Waals surface area contributed by atoms with Crippen molar-refractivity contribution in [1.82, 2.24) is 0 Å². The molecule has 1 N–H and O–H groups in total. The Morgan fingerprint density at radius 1 is 0.841 bits per heavy atom. The summed E-state index contributed by atoms with van der Waals surface area (Å²) >= 11 is 1.70. The second-order valence-electron chi connectivity index (χ2n) is 12.8. The molecule has 0 saturated carbocycles. The number of anilines is 1. The molecular formula is C37H55BrN2O3S. The number of ether oxygens (including phenoxy) is 2. The zero-order valence-electron chi connectivity index (χ0n) is 27.8. The van der Waals surface area contributed by atoms with E-state index in [1.54, 1.807) is 11.3 Å². The SMILES string of the molecule is CCCCCCCCCCCCCCOc1c(OCC(=O)Nc2ccc(C[n+]3cscc3C)cc2)cccc1C(C)(C)C.[Br-]. The van der Waals surface area contributed by atoms with Crippen molar-refractivity contribution in [3.05, 3.63) is 70.2 Å². The molecule has 0 aliphatic rings. The van der Waals surface area contributed by atoms with Gasteiger partial charge in [-0.3, -0.25) is 4.79 Å². The maximum atomic E-state index is 12.8. The first-order valence-electron chi connectivity index (χ1n) is 16.5. The van der Waals surface area contributed by atoms with Crippen molar-refractivity contribution in [3.63, 3.8) is 0 Å². The maximum Gasteiger partial charge on any atom is 0.262 e. The van der Waals surface area contributed by atoms with Gasteiger partial charge in [-0.15, -0.1) is 0 Å². The molecule has 0 unspecified atom stereocenters. The monoisotopic (exact) mass is 686 g/mol. The van der Waals surface area contributed by atoms with Gasteiger partial charge in [-0.2, -0.15) is 4.57 Å². The summed E-state index contributed by atoms with van der Waals surface area (Å²) in [6, 6.07) is 14.0. The van der Waals surface area contributed by atoms with Gasteiger partial charge in [0.05, 0.1) is 12.0 Å². The second-order valence-corrected chi connectivity index (χ2v) is 13.5. The summed E-state index contributed by atoms with van der Waals surface area (Å²) in [5.74, 6) is 1.19. The number of unbranched alkanes of at least 4 members (excludes halogenated alkanes) is 11. The van der Waals surface area contributed by atoms with Gasteiger partial charge >= 0.3 is 0 Å². The van der Waals surface area contributed by atoms with E-state index in [4.69, 9.17) is 9.47 Å². The van der Waals surface area contributed by atoms with Crippen LogP contribution in [0.4, 0.5) is 5.69 Å². The van der Waals surface area contributed by atoms with E-state index < -0.39 is 0 Å². The Labute approximate surface area is 281 Å². The van der Waals surface area contributed by atoms with Crippen LogP contribution in [-0.4, -0.2) is 19.1 Å². The standard InChI is InChI=1S/C37H54N2O3S.BrH/c1-6-7-8-9-10-11-12-13-14-15-16-17-25-41-36-33(37(3,4)5)19-18-20-34(36)42-27-35(40)38-32-23-21-31(22-24-32)26-39-29-43-28-30(39)2;/h18-24,28-29H,6-17,25-27H2,1-5H3;1H. The zero-order valence-corrected chi connectivity index (χ0v) is 30.2. The molecule has 3 rings (SSSR count). The number of thiazole rings is 1. The molecule has 0 aliphatic heterocycles. The van der Waals surface area contributed by atoms with Crippen LogP contribution in [0.5, 0.6) is 11.5 Å². The van der Waals surface area contributed by atoms with E-state index in [1.807, 2.05) is 24.3 Å². The Morgan fingerprint density at radius 2 is 1.45 bits per heavy atom. The molecule has 2 aromatic carbocycles. The molecular weight excluding hydrogens is 632 g/mol. The number of amides is 1. The Balaban J connectivity index is 0.00000675. The van der Waals surface area contributed by atoms with Gasteiger partial charge in [-0.25, -0.2) is 0 Å². The molecule has 244 valence electrons. The molecule has 1 aromatic heterocycles. The van der Waals surface area contributed by atoms with E-state index in [0.717, 1.165) is 30.0 Å². The van der Waals surface area contributed by atoms with Gasteiger partial charge in [0.15, 0.2) is 30.3 Å². The van der Waals surface area contributed by atoms with Crippen molar-refractivity contribution in [2.75, 3.05) is 18.5 Å². The van der Waals surface area contributed by atoms with E-state index in [0.29, 0.717) is 12.4 Å². The topological polar surface area (TPSA) is 51.4 Å². The third kappa shape index (κ3) is 13.7. The normalized spacial score (nSPS) is 11.2. The summed E-state index contributed by atoms with van der Waals surface area (Å²) in [6.07, 6.45) is 15.8. The number of nitrogens with zero attached hydrogens (tertiary/aromatic N) is 1. The number of aryl methyl sites for hydroxylation is 1. The fourth-order valence-corrected chi connectivity index (χ4v) is 6.01. The number of nitrogens with one attached hydrogen (secondary N) is 1. The van der Waals surface area contributed by atoms with Crippen LogP contribution in [0.15, 0.2) is 53.4 Å². The highest BCUT2D eigenvalue weighted by Gasteiger charge is 2.22. The minimum absolute atomic E-state index is 0. The molecule has 0 saturated heterocycles. The van der Waals surface area contributed by atoms with E-state index in [9.17, 15) is 4.79 Å². The molecule has 0 atom stereocenters. The molecule has 0 spiro atoms. The molecule has 0 bridgehead atoms. The van der Waals surface area contributed by atoms with Crippen molar-refractivity contribution in [2.45, 2.75) is 124 Å². The number of hydrogen-bond donors (Lipinski definition) is 1. The van der Waals surface area contributed by atoms with Crippen LogP contribution in [0.2, 0.25) is 0 Å². The third-order valence-electron chi connectivity index (χ3n) is 7.86. The van der Waals surface area contributed by atoms with Crippen LogP contribution in [0.3, 0.4) is 0 Å². The van der Waals surface area contributed by atoms with E-state index >= 15 is 0 Å². The number of para-hydroxylation sites is 1. The summed E-state index contributed by atoms with van der Waals surface area (Å²) < 4.78 is 14.6. The van der Waals surface area contributed by atoms with Gasteiger partial charge in [0.25, 0.3) is 5.91 Å². The number of carbonyl (C=O) groups excluding carboxylic acids is 1. The van der Waals surface area contributed by atoms with E-state index in [2.05, 4.69) is 73.6 Å². The van der Waals surface area contributed by atoms with Crippen LogP contribution >= 0.6 is 11.3 Å². The molecule has 1 heterocycles. The number of benzene rings is 2. The largest absolute Gasteiger partial charge is 1.00 e. The molecule has 0 fully saturated rings. The van der Waals surface area contributed by atoms with Gasteiger partial charge < -0.3 is 31.8 Å². The smallest absolute Gasteiger partial charge is 0.262 e. The Kier molecular flexibility index (Phi) is 17.7. The Bertz CT molecular complexity index is 1220. The number of hydrogen-bond acceptors (Lipinski definition) is 4. The van der Waals surface area contributed by atoms with Crippen LogP contribution in [0.25, 0.3) is 0 Å². The lowest BCUT2D eigenvalue weighted by molar-refractivity contribution is -0.689. The summed E-state index contributed by atoms with van der Waals surface area (Å²) in [5.41, 5.74) is 6.31.